The molecule has 8 rings (SSSR count). The molecule has 0 amide bonds. The van der Waals surface area contributed by atoms with Crippen molar-refractivity contribution in [1.29, 1.82) is 0 Å². The first-order valence-corrected chi connectivity index (χ1v) is 24.0. The van der Waals surface area contributed by atoms with Gasteiger partial charge in [0.2, 0.25) is 0 Å². The van der Waals surface area contributed by atoms with Crippen molar-refractivity contribution in [3.05, 3.63) is 172 Å². The van der Waals surface area contributed by atoms with Gasteiger partial charge in [0.1, 0.15) is 0 Å². The molecule has 4 aromatic carbocycles. The van der Waals surface area contributed by atoms with Gasteiger partial charge in [0.25, 0.3) is 0 Å². The van der Waals surface area contributed by atoms with Crippen LogP contribution in [0, 0.1) is 0 Å². The maximum Gasteiger partial charge on any atom is 0.0916 e. The Kier molecular flexibility index (Phi) is 16.8. The zero-order valence-corrected chi connectivity index (χ0v) is 36.0. The maximum absolute atomic E-state index is 9.08. The van der Waals surface area contributed by atoms with Crippen LogP contribution >= 0.6 is 12.0 Å². The zero-order valence-electron chi connectivity index (χ0n) is 32.8. The van der Waals surface area contributed by atoms with Gasteiger partial charge in [-0.1, -0.05) is 104 Å². The van der Waals surface area contributed by atoms with Crippen LogP contribution in [0.2, 0.25) is 0 Å². The number of hydrogen-bond acceptors (Lipinski definition) is 17. The quantitative estimate of drug-likeness (QED) is 0.110. The Hall–Kier alpha value is -5.52. The van der Waals surface area contributed by atoms with E-state index in [0.717, 1.165) is 85.4 Å². The summed E-state index contributed by atoms with van der Waals surface area (Å²) >= 11 is 0.867. The Bertz CT molecular complexity index is 2770. The number of fused-ring (bicyclic) bond motifs is 4. The lowest BCUT2D eigenvalue weighted by atomic mass is 9.99. The van der Waals surface area contributed by atoms with Gasteiger partial charge in [-0.25, -0.2) is 40.2 Å². The van der Waals surface area contributed by atoms with Crippen molar-refractivity contribution in [3.63, 3.8) is 0 Å². The van der Waals surface area contributed by atoms with E-state index in [1.54, 1.807) is 6.26 Å². The van der Waals surface area contributed by atoms with Crippen LogP contribution in [0.3, 0.4) is 0 Å². The molecular weight excluding hydrogens is 869 g/mol. The fourth-order valence-electron chi connectivity index (χ4n) is 5.95. The van der Waals surface area contributed by atoms with E-state index in [1.165, 1.54) is 11.1 Å². The van der Waals surface area contributed by atoms with E-state index in [0.29, 0.717) is 25.3 Å². The third kappa shape index (κ3) is 15.2. The van der Waals surface area contributed by atoms with Gasteiger partial charge in [0.05, 0.1) is 76.8 Å². The normalized spacial score (nSPS) is 16.3. The highest BCUT2D eigenvalue weighted by molar-refractivity contribution is 7.93. The molecule has 0 saturated carbocycles. The smallest absolute Gasteiger partial charge is 0.0916 e. The van der Waals surface area contributed by atoms with E-state index in [9.17, 15) is 0 Å². The van der Waals surface area contributed by atoms with E-state index in [2.05, 4.69) is 119 Å². The van der Waals surface area contributed by atoms with E-state index in [4.69, 9.17) is 64.1 Å². The molecule has 0 atom stereocenters. The first-order chi connectivity index (χ1) is 28.7. The summed E-state index contributed by atoms with van der Waals surface area (Å²) in [5.74, 6) is 0. The molecule has 0 spiro atoms. The van der Waals surface area contributed by atoms with Gasteiger partial charge in [0.15, 0.2) is 0 Å². The second-order valence-electron chi connectivity index (χ2n) is 12.7. The van der Waals surface area contributed by atoms with Crippen molar-refractivity contribution in [2.24, 2.45) is 20.0 Å². The average Bonchev–Trinajstić information content (AvgIpc) is 3.94. The minimum absolute atomic E-state index is 0.604. The standard InChI is InChI=1S/C37H24N4.4CH4O3S/c1-2-31-25-13-5-6-14-26(25)34(39-31)20-35-29-17-9-10-18-30(29)37(41-35)21-36-28-16-8-7-15-27(28)33(40-36)19-32-24-12-4-3-11-23(24)22-38-32;3*1-5(2,3)4;1-5-4-3-2/h2-21H,1,22H2;3*1H3,(H,2,3,4);2H,1H3/p-4/b33-19-,34-20-,37-21-;;;;. The maximum atomic E-state index is 9.08. The first kappa shape index (κ1) is 48.1. The highest BCUT2D eigenvalue weighted by atomic mass is 32.2. The van der Waals surface area contributed by atoms with Crippen LogP contribution < -0.4 is 5.26 Å². The summed E-state index contributed by atoms with van der Waals surface area (Å²) in [6.45, 7) is 4.67. The summed E-state index contributed by atoms with van der Waals surface area (Å²) in [4.78, 5) is 19.9. The van der Waals surface area contributed by atoms with Gasteiger partial charge in [-0.3, -0.25) is 10.0 Å². The molecule has 20 heteroatoms. The van der Waals surface area contributed by atoms with Crippen LogP contribution in [0.25, 0.3) is 17.1 Å². The molecule has 4 aromatic rings. The predicted octanol–water partition coefficient (Wildman–Crippen LogP) is 4.68. The molecule has 0 radical (unpaired) electrons. The molecule has 320 valence electrons. The van der Waals surface area contributed by atoms with E-state index in [1.807, 2.05) is 18.2 Å². The van der Waals surface area contributed by atoms with Crippen LogP contribution in [0.1, 0.15) is 44.5 Å². The lowest BCUT2D eigenvalue weighted by Gasteiger charge is -2.02. The van der Waals surface area contributed by atoms with Crippen LogP contribution in [-0.2, 0) is 46.3 Å². The molecular formula is C41H36N4O12S4-4. The monoisotopic (exact) mass is 904 g/mol. The molecule has 16 nitrogen and oxygen atoms in total. The molecule has 0 fully saturated rings. The predicted molar refractivity (Wildman–Crippen MR) is 232 cm³/mol. The van der Waals surface area contributed by atoms with Gasteiger partial charge in [-0.05, 0) is 29.9 Å². The van der Waals surface area contributed by atoms with E-state index >= 15 is 0 Å². The molecule has 0 bridgehead atoms. The number of aliphatic imine (C=N–C) groups is 4. The first-order valence-electron chi connectivity index (χ1n) is 17.4. The molecule has 61 heavy (non-hydrogen) atoms. The molecule has 0 aromatic heterocycles. The third-order valence-corrected chi connectivity index (χ3v) is 8.17. The summed E-state index contributed by atoms with van der Waals surface area (Å²) < 4.78 is 85.4. The Morgan fingerprint density at radius 2 is 0.852 bits per heavy atom. The van der Waals surface area contributed by atoms with Gasteiger partial charge in [-0.2, -0.15) is 4.33 Å². The number of nitrogens with zero attached hydrogens (tertiary/aromatic N) is 4. The summed E-state index contributed by atoms with van der Waals surface area (Å²) in [6.07, 6.45) is 11.5. The average molecular weight is 905 g/mol. The minimum Gasteiger partial charge on any atom is -0.748 e. The number of rotatable bonds is 6. The topological polar surface area (TPSA) is 263 Å². The van der Waals surface area contributed by atoms with Gasteiger partial charge in [0, 0.05) is 76.0 Å². The Labute approximate surface area is 358 Å². The van der Waals surface area contributed by atoms with Crippen molar-refractivity contribution in [2.75, 3.05) is 25.0 Å². The van der Waals surface area contributed by atoms with E-state index in [-0.39, 0.29) is 0 Å². The molecule has 0 aliphatic carbocycles. The van der Waals surface area contributed by atoms with Crippen LogP contribution in [0.5, 0.6) is 0 Å². The number of hydrogen-bond donors (Lipinski definition) is 0. The second-order valence-corrected chi connectivity index (χ2v) is 17.4. The summed E-state index contributed by atoms with van der Waals surface area (Å²) in [7, 11) is -11.8. The molecule has 4 aliphatic rings. The van der Waals surface area contributed by atoms with Crippen molar-refractivity contribution in [3.8, 4) is 0 Å². The second kappa shape index (κ2) is 21.3. The van der Waals surface area contributed by atoms with Gasteiger partial charge >= 0.3 is 0 Å². The molecule has 0 N–H and O–H groups in total. The fourth-order valence-corrected chi connectivity index (χ4v) is 6.00. The number of benzene rings is 4. The Morgan fingerprint density at radius 1 is 0.541 bits per heavy atom. The van der Waals surface area contributed by atoms with Crippen molar-refractivity contribution in [1.82, 2.24) is 0 Å². The SMILES string of the molecule is C=CC1=N\C(=C/C2=N\C(=C/C3=N\C(=C/C4=NCc5ccccc54)c4ccccc43)c3ccccc32)c2ccccc21.CS(=O)(=O)[O-].CS(=O)(=O)[O-].CS(=O)(=O)[O-].CSOO[O-]. The fraction of sp³-hybridized carbons (Fsp3) is 0.122. The van der Waals surface area contributed by atoms with Gasteiger partial charge < -0.3 is 18.9 Å². The largest absolute Gasteiger partial charge is 0.748 e. The molecule has 0 unspecified atom stereocenters. The third-order valence-electron chi connectivity index (χ3n) is 7.98. The highest BCUT2D eigenvalue weighted by Gasteiger charge is 2.26. The lowest BCUT2D eigenvalue weighted by Crippen LogP contribution is -2.00. The summed E-state index contributed by atoms with van der Waals surface area (Å²) in [5.41, 5.74) is 15.4. The van der Waals surface area contributed by atoms with E-state index < -0.39 is 30.4 Å². The van der Waals surface area contributed by atoms with Crippen molar-refractivity contribution < 1.29 is 53.5 Å². The molecule has 0 saturated heterocycles. The van der Waals surface area contributed by atoms with Crippen LogP contribution in [0.15, 0.2) is 148 Å². The Balaban J connectivity index is 0.000000344. The number of allylic oxidation sites excluding steroid dienone is 4. The Morgan fingerprint density at radius 3 is 1.20 bits per heavy atom. The summed E-state index contributed by atoms with van der Waals surface area (Å²) in [6, 6.07) is 33.4. The van der Waals surface area contributed by atoms with Crippen molar-refractivity contribution in [2.45, 2.75) is 6.54 Å². The highest BCUT2D eigenvalue weighted by Crippen LogP contribution is 2.36. The van der Waals surface area contributed by atoms with Crippen molar-refractivity contribution >= 4 is 82.3 Å². The molecule has 4 aliphatic heterocycles. The van der Waals surface area contributed by atoms with Gasteiger partial charge in [-0.15, -0.1) is 0 Å². The van der Waals surface area contributed by atoms with Crippen LogP contribution in [-0.4, -0.2) is 86.8 Å². The van der Waals surface area contributed by atoms with Crippen LogP contribution in [0.4, 0.5) is 0 Å². The summed E-state index contributed by atoms with van der Waals surface area (Å²) in [5, 5.41) is 11.7. The molecule has 4 heterocycles. The minimum atomic E-state index is -3.92. The zero-order chi connectivity index (χ0) is 45.0. The lowest BCUT2D eigenvalue weighted by molar-refractivity contribution is -0.777.